The fourth-order valence-electron chi connectivity index (χ4n) is 2.85. The van der Waals surface area contributed by atoms with Crippen LogP contribution in [0, 0.1) is 0 Å². The van der Waals surface area contributed by atoms with E-state index in [1.165, 1.54) is 18.2 Å². The van der Waals surface area contributed by atoms with Crippen LogP contribution in [-0.4, -0.2) is 52.7 Å². The van der Waals surface area contributed by atoms with Gasteiger partial charge in [0.25, 0.3) is 11.1 Å². The normalized spacial score (nSPS) is 14.7. The Bertz CT molecular complexity index is 1100. The third kappa shape index (κ3) is 5.49. The Morgan fingerprint density at radius 3 is 2.50 bits per heavy atom. The largest absolute Gasteiger partial charge is 0.490 e. The summed E-state index contributed by atoms with van der Waals surface area (Å²) in [5.41, 5.74) is 0.693. The average Bonchev–Trinajstić information content (AvgIpc) is 3.01. The van der Waals surface area contributed by atoms with Gasteiger partial charge in [-0.3, -0.25) is 19.3 Å². The van der Waals surface area contributed by atoms with E-state index in [0.717, 1.165) is 4.90 Å². The van der Waals surface area contributed by atoms with Crippen molar-refractivity contribution in [2.24, 2.45) is 0 Å². The molecule has 0 bridgehead atoms. The van der Waals surface area contributed by atoms with E-state index in [4.69, 9.17) is 26.2 Å². The van der Waals surface area contributed by atoms with Gasteiger partial charge in [0.15, 0.2) is 23.9 Å². The van der Waals surface area contributed by atoms with Crippen LogP contribution in [0.15, 0.2) is 47.4 Å². The number of para-hydroxylation sites is 1. The van der Waals surface area contributed by atoms with E-state index in [9.17, 15) is 19.2 Å². The predicted octanol–water partition coefficient (Wildman–Crippen LogP) is 4.12. The van der Waals surface area contributed by atoms with Gasteiger partial charge in [-0.1, -0.05) is 23.7 Å². The lowest BCUT2D eigenvalue weighted by Gasteiger charge is -2.13. The molecule has 8 nitrogen and oxygen atoms in total. The van der Waals surface area contributed by atoms with Gasteiger partial charge in [0, 0.05) is 16.1 Å². The molecule has 32 heavy (non-hydrogen) atoms. The minimum Gasteiger partial charge on any atom is -0.490 e. The third-order valence-electron chi connectivity index (χ3n) is 4.28. The molecule has 0 radical (unpaired) electrons. The Labute approximate surface area is 192 Å². The Kier molecular flexibility index (Phi) is 7.55. The van der Waals surface area contributed by atoms with Crippen molar-refractivity contribution in [3.8, 4) is 11.5 Å². The summed E-state index contributed by atoms with van der Waals surface area (Å²) in [5, 5.41) is 8.82. The van der Waals surface area contributed by atoms with Crippen molar-refractivity contribution in [3.63, 3.8) is 0 Å². The molecule has 1 aliphatic rings. The molecule has 2 aromatic carbocycles. The second-order valence-electron chi connectivity index (χ2n) is 6.49. The summed E-state index contributed by atoms with van der Waals surface area (Å²) < 4.78 is 10.8. The first-order chi connectivity index (χ1) is 15.3. The zero-order chi connectivity index (χ0) is 23.3. The van der Waals surface area contributed by atoms with E-state index in [0.29, 0.717) is 40.3 Å². The SMILES string of the molecule is CCOc1cccc(/C=C2\SC(=O)N(CC(=O)c3ccc(Cl)cc3)C2=O)c1OCC(=O)O. The van der Waals surface area contributed by atoms with Crippen LogP contribution in [0.5, 0.6) is 11.5 Å². The second-order valence-corrected chi connectivity index (χ2v) is 7.92. The molecule has 2 amide bonds. The van der Waals surface area contributed by atoms with Crippen molar-refractivity contribution in [1.82, 2.24) is 4.90 Å². The van der Waals surface area contributed by atoms with Crippen molar-refractivity contribution in [2.45, 2.75) is 6.92 Å². The zero-order valence-electron chi connectivity index (χ0n) is 16.9. The van der Waals surface area contributed by atoms with Crippen molar-refractivity contribution in [2.75, 3.05) is 19.8 Å². The average molecular weight is 476 g/mol. The molecule has 3 rings (SSSR count). The lowest BCUT2D eigenvalue weighted by Crippen LogP contribution is -2.33. The maximum Gasteiger partial charge on any atom is 0.341 e. The number of nitrogens with zero attached hydrogens (tertiary/aromatic N) is 1. The van der Waals surface area contributed by atoms with E-state index in [1.54, 1.807) is 37.3 Å². The van der Waals surface area contributed by atoms with Gasteiger partial charge in [0.2, 0.25) is 0 Å². The van der Waals surface area contributed by atoms with Crippen molar-refractivity contribution in [3.05, 3.63) is 63.5 Å². The topological polar surface area (TPSA) is 110 Å². The smallest absolute Gasteiger partial charge is 0.341 e. The highest BCUT2D eigenvalue weighted by atomic mass is 35.5. The predicted molar refractivity (Wildman–Crippen MR) is 119 cm³/mol. The van der Waals surface area contributed by atoms with E-state index >= 15 is 0 Å². The van der Waals surface area contributed by atoms with Gasteiger partial charge < -0.3 is 14.6 Å². The Balaban J connectivity index is 1.85. The highest BCUT2D eigenvalue weighted by molar-refractivity contribution is 8.18. The molecular formula is C22H18ClNO7S. The highest BCUT2D eigenvalue weighted by Crippen LogP contribution is 2.37. The number of carboxylic acid groups (broad SMARTS) is 1. The van der Waals surface area contributed by atoms with E-state index in [1.807, 2.05) is 0 Å². The van der Waals surface area contributed by atoms with Gasteiger partial charge >= 0.3 is 5.97 Å². The number of imide groups is 1. The quantitative estimate of drug-likeness (QED) is 0.426. The number of halogens is 1. The maximum atomic E-state index is 12.8. The molecule has 0 atom stereocenters. The number of hydrogen-bond acceptors (Lipinski definition) is 7. The number of thioether (sulfide) groups is 1. The first-order valence-electron chi connectivity index (χ1n) is 9.44. The van der Waals surface area contributed by atoms with Gasteiger partial charge in [-0.05, 0) is 55.1 Å². The molecule has 0 unspecified atom stereocenters. The Morgan fingerprint density at radius 1 is 1.12 bits per heavy atom. The molecule has 0 spiro atoms. The molecule has 0 saturated carbocycles. The molecular weight excluding hydrogens is 458 g/mol. The lowest BCUT2D eigenvalue weighted by molar-refractivity contribution is -0.139. The number of benzene rings is 2. The summed E-state index contributed by atoms with van der Waals surface area (Å²) in [5.74, 6) is -1.77. The van der Waals surface area contributed by atoms with Crippen molar-refractivity contribution in [1.29, 1.82) is 0 Å². The number of hydrogen-bond donors (Lipinski definition) is 1. The number of Topliss-reactive ketones (excluding diaryl/α,β-unsaturated/α-hetero) is 1. The number of carbonyl (C=O) groups is 4. The number of carboxylic acids is 1. The second kappa shape index (κ2) is 10.3. The number of ketones is 1. The van der Waals surface area contributed by atoms with Gasteiger partial charge in [0.05, 0.1) is 18.1 Å². The fourth-order valence-corrected chi connectivity index (χ4v) is 3.81. The number of ether oxygens (including phenoxy) is 2. The van der Waals surface area contributed by atoms with Crippen LogP contribution < -0.4 is 9.47 Å². The fraction of sp³-hybridized carbons (Fsp3) is 0.182. The Hall–Kier alpha value is -3.30. The lowest BCUT2D eigenvalue weighted by atomic mass is 10.1. The van der Waals surface area contributed by atoms with Gasteiger partial charge in [-0.25, -0.2) is 4.79 Å². The summed E-state index contributed by atoms with van der Waals surface area (Å²) in [6, 6.07) is 11.0. The number of carbonyl (C=O) groups excluding carboxylic acids is 3. The zero-order valence-corrected chi connectivity index (χ0v) is 18.4. The number of rotatable bonds is 9. The van der Waals surface area contributed by atoms with E-state index < -0.39 is 36.1 Å². The minimum absolute atomic E-state index is 0.0766. The van der Waals surface area contributed by atoms with Gasteiger partial charge in [-0.15, -0.1) is 0 Å². The summed E-state index contributed by atoms with van der Waals surface area (Å²) in [7, 11) is 0. The van der Waals surface area contributed by atoms with E-state index in [2.05, 4.69) is 0 Å². The number of amides is 2. The highest BCUT2D eigenvalue weighted by Gasteiger charge is 2.36. The molecule has 1 aliphatic heterocycles. The van der Waals surface area contributed by atoms with Crippen molar-refractivity contribution < 1.29 is 33.8 Å². The van der Waals surface area contributed by atoms with E-state index in [-0.39, 0.29) is 10.7 Å². The van der Waals surface area contributed by atoms with Gasteiger partial charge in [0.1, 0.15) is 0 Å². The van der Waals surface area contributed by atoms with Gasteiger partial charge in [-0.2, -0.15) is 0 Å². The summed E-state index contributed by atoms with van der Waals surface area (Å²) in [6.07, 6.45) is 1.41. The molecule has 1 heterocycles. The molecule has 0 aliphatic carbocycles. The molecule has 0 aromatic heterocycles. The molecule has 1 N–H and O–H groups in total. The first kappa shape index (κ1) is 23.4. The summed E-state index contributed by atoms with van der Waals surface area (Å²) in [6.45, 7) is 1.06. The third-order valence-corrected chi connectivity index (χ3v) is 5.44. The van der Waals surface area contributed by atoms with Crippen LogP contribution in [0.25, 0.3) is 6.08 Å². The minimum atomic E-state index is -1.18. The molecule has 1 fully saturated rings. The molecule has 1 saturated heterocycles. The first-order valence-corrected chi connectivity index (χ1v) is 10.6. The van der Waals surface area contributed by atoms with Crippen LogP contribution in [0.1, 0.15) is 22.8 Å². The summed E-state index contributed by atoms with van der Waals surface area (Å²) in [4.78, 5) is 49.6. The van der Waals surface area contributed by atoms with Crippen LogP contribution in [0.3, 0.4) is 0 Å². The van der Waals surface area contributed by atoms with Crippen LogP contribution in [-0.2, 0) is 9.59 Å². The monoisotopic (exact) mass is 475 g/mol. The molecule has 10 heteroatoms. The molecule has 2 aromatic rings. The molecule has 166 valence electrons. The van der Waals surface area contributed by atoms with Crippen molar-refractivity contribution >= 4 is 52.3 Å². The van der Waals surface area contributed by atoms with Crippen LogP contribution in [0.2, 0.25) is 5.02 Å². The van der Waals surface area contributed by atoms with Crippen LogP contribution >= 0.6 is 23.4 Å². The maximum absolute atomic E-state index is 12.8. The van der Waals surface area contributed by atoms with Crippen LogP contribution in [0.4, 0.5) is 4.79 Å². The standard InChI is InChI=1S/C22H18ClNO7S/c1-2-30-17-5-3-4-14(20(17)31-12-19(26)27)10-18-21(28)24(22(29)32-18)11-16(25)13-6-8-15(23)9-7-13/h3-10H,2,11-12H2,1H3,(H,26,27)/b18-10-. The Morgan fingerprint density at radius 2 is 1.84 bits per heavy atom. The summed E-state index contributed by atoms with van der Waals surface area (Å²) >= 11 is 6.50. The number of aliphatic carboxylic acids is 1.